The number of nitrogens with zero attached hydrogens (tertiary/aromatic N) is 5. The van der Waals surface area contributed by atoms with E-state index >= 15 is 0 Å². The van der Waals surface area contributed by atoms with Crippen molar-refractivity contribution in [1.29, 1.82) is 0 Å². The van der Waals surface area contributed by atoms with Crippen LogP contribution in [-0.2, 0) is 29.2 Å². The van der Waals surface area contributed by atoms with Crippen LogP contribution < -0.4 is 15.2 Å². The summed E-state index contributed by atoms with van der Waals surface area (Å²) >= 11 is 3.27. The topological polar surface area (TPSA) is 107 Å². The lowest BCUT2D eigenvalue weighted by Gasteiger charge is -2.16. The summed E-state index contributed by atoms with van der Waals surface area (Å²) in [7, 11) is 1.36. The zero-order valence-electron chi connectivity index (χ0n) is 16.4. The monoisotopic (exact) mass is 461 g/mol. The fourth-order valence-electron chi connectivity index (χ4n) is 3.41. The third kappa shape index (κ3) is 3.80. The van der Waals surface area contributed by atoms with Gasteiger partial charge in [0, 0.05) is 6.07 Å². The Morgan fingerprint density at radius 2 is 2.17 bits per heavy atom. The summed E-state index contributed by atoms with van der Waals surface area (Å²) in [4.78, 5) is 33.6. The lowest BCUT2D eigenvalue weighted by Crippen LogP contribution is -2.40. The van der Waals surface area contributed by atoms with Gasteiger partial charge in [-0.25, -0.2) is 23.9 Å². The first kappa shape index (κ1) is 20.7. The molecule has 152 valence electrons. The molecule has 0 spiro atoms. The second kappa shape index (κ2) is 8.56. The van der Waals surface area contributed by atoms with E-state index in [4.69, 9.17) is 10.5 Å². The minimum Gasteiger partial charge on any atom is -0.465 e. The molecule has 2 heterocycles. The molecule has 1 amide bonds. The Morgan fingerprint density at radius 1 is 1.41 bits per heavy atom. The van der Waals surface area contributed by atoms with Crippen molar-refractivity contribution >= 4 is 51.0 Å². The summed E-state index contributed by atoms with van der Waals surface area (Å²) in [6, 6.07) is 5.43. The molecular formula is C19H22BrN6O3+. The van der Waals surface area contributed by atoms with Gasteiger partial charge in [0.25, 0.3) is 5.82 Å². The standard InChI is InChI=1S/C19H22BrN6O3/c1-4-25-13-7-6-12(19(28)29-3)8-14(13)26(5-2)16(25)10-24(11-27)18-17(21)22-9-15(20)23-18/h6-9,11H,4-5,10H2,1-3H3,(H2,21,22)/q+1. The van der Waals surface area contributed by atoms with Crippen molar-refractivity contribution in [2.24, 2.45) is 0 Å². The highest BCUT2D eigenvalue weighted by atomic mass is 79.9. The van der Waals surface area contributed by atoms with Crippen LogP contribution in [0.4, 0.5) is 11.6 Å². The number of hydrogen-bond donors (Lipinski definition) is 1. The molecule has 2 N–H and O–H groups in total. The number of rotatable bonds is 7. The van der Waals surface area contributed by atoms with Gasteiger partial charge in [0.15, 0.2) is 22.7 Å². The molecule has 9 nitrogen and oxygen atoms in total. The quantitative estimate of drug-likeness (QED) is 0.327. The van der Waals surface area contributed by atoms with E-state index in [-0.39, 0.29) is 18.2 Å². The van der Waals surface area contributed by atoms with Gasteiger partial charge in [-0.05, 0) is 41.9 Å². The Labute approximate surface area is 176 Å². The molecule has 0 radical (unpaired) electrons. The number of imidazole rings is 1. The fourth-order valence-corrected chi connectivity index (χ4v) is 3.68. The van der Waals surface area contributed by atoms with Crippen LogP contribution in [0.15, 0.2) is 29.0 Å². The number of benzene rings is 1. The number of anilines is 2. The van der Waals surface area contributed by atoms with E-state index in [0.29, 0.717) is 29.7 Å². The number of aromatic nitrogens is 4. The van der Waals surface area contributed by atoms with Crippen LogP contribution in [0.2, 0.25) is 0 Å². The molecule has 29 heavy (non-hydrogen) atoms. The summed E-state index contributed by atoms with van der Waals surface area (Å²) in [5, 5.41) is 0. The maximum atomic E-state index is 12.0. The van der Waals surface area contributed by atoms with Crippen LogP contribution >= 0.6 is 15.9 Å². The Hall–Kier alpha value is -3.01. The smallest absolute Gasteiger partial charge is 0.338 e. The van der Waals surface area contributed by atoms with Gasteiger partial charge < -0.3 is 10.5 Å². The number of nitrogen functional groups attached to an aromatic ring is 1. The maximum Gasteiger partial charge on any atom is 0.338 e. The van der Waals surface area contributed by atoms with Crippen LogP contribution in [0, 0.1) is 0 Å². The maximum absolute atomic E-state index is 12.0. The molecule has 3 aromatic rings. The molecule has 0 atom stereocenters. The fraction of sp³-hybridized carbons (Fsp3) is 0.316. The van der Waals surface area contributed by atoms with Gasteiger partial charge in [-0.2, -0.15) is 0 Å². The Balaban J connectivity index is 2.15. The van der Waals surface area contributed by atoms with Gasteiger partial charge in [-0.15, -0.1) is 0 Å². The molecule has 0 aliphatic rings. The van der Waals surface area contributed by atoms with Crippen molar-refractivity contribution in [3.63, 3.8) is 0 Å². The molecule has 10 heteroatoms. The van der Waals surface area contributed by atoms with E-state index in [2.05, 4.69) is 35.0 Å². The average Bonchev–Trinajstić information content (AvgIpc) is 3.04. The number of fused-ring (bicyclic) bond motifs is 1. The zero-order valence-corrected chi connectivity index (χ0v) is 18.0. The minimum atomic E-state index is -0.396. The van der Waals surface area contributed by atoms with Crippen LogP contribution in [0.5, 0.6) is 0 Å². The lowest BCUT2D eigenvalue weighted by atomic mass is 10.2. The molecule has 0 saturated heterocycles. The summed E-state index contributed by atoms with van der Waals surface area (Å²) in [6.07, 6.45) is 2.16. The molecule has 0 aliphatic carbocycles. The second-order valence-electron chi connectivity index (χ2n) is 6.23. The number of amides is 1. The number of esters is 1. The van der Waals surface area contributed by atoms with E-state index in [1.165, 1.54) is 18.2 Å². The molecule has 0 saturated carbocycles. The summed E-state index contributed by atoms with van der Waals surface area (Å²) in [5.74, 6) is 0.919. The first-order valence-electron chi connectivity index (χ1n) is 9.08. The number of halogens is 1. The van der Waals surface area contributed by atoms with Gasteiger partial charge >= 0.3 is 5.97 Å². The van der Waals surface area contributed by atoms with Gasteiger partial charge in [0.2, 0.25) is 6.41 Å². The molecule has 0 bridgehead atoms. The normalized spacial score (nSPS) is 10.9. The van der Waals surface area contributed by atoms with Crippen LogP contribution in [0.25, 0.3) is 11.0 Å². The third-order valence-electron chi connectivity index (χ3n) is 4.70. The van der Waals surface area contributed by atoms with Gasteiger partial charge in [0.1, 0.15) is 11.1 Å². The van der Waals surface area contributed by atoms with Crippen molar-refractivity contribution in [3.05, 3.63) is 40.4 Å². The molecule has 0 fully saturated rings. The average molecular weight is 462 g/mol. The first-order valence-corrected chi connectivity index (χ1v) is 9.87. The number of ether oxygens (including phenoxy) is 1. The van der Waals surface area contributed by atoms with E-state index in [9.17, 15) is 9.59 Å². The van der Waals surface area contributed by atoms with E-state index in [1.807, 2.05) is 19.9 Å². The zero-order chi connectivity index (χ0) is 21.1. The van der Waals surface area contributed by atoms with Crippen molar-refractivity contribution in [3.8, 4) is 0 Å². The molecule has 1 aromatic carbocycles. The largest absolute Gasteiger partial charge is 0.465 e. The highest BCUT2D eigenvalue weighted by molar-refractivity contribution is 9.10. The lowest BCUT2D eigenvalue weighted by molar-refractivity contribution is -0.676. The number of hydrogen-bond acceptors (Lipinski definition) is 6. The Morgan fingerprint density at radius 3 is 2.79 bits per heavy atom. The van der Waals surface area contributed by atoms with Crippen molar-refractivity contribution in [1.82, 2.24) is 14.5 Å². The van der Waals surface area contributed by atoms with Crippen LogP contribution in [0.3, 0.4) is 0 Å². The van der Waals surface area contributed by atoms with Crippen molar-refractivity contribution in [2.45, 2.75) is 33.5 Å². The summed E-state index contributed by atoms with van der Waals surface area (Å²) in [5.41, 5.74) is 8.25. The minimum absolute atomic E-state index is 0.162. The SMILES string of the molecule is CCn1c(CN(C=O)c2nc(Br)cnc2N)[n+](CC)c2ccc(C(=O)OC)cc21. The van der Waals surface area contributed by atoms with Crippen molar-refractivity contribution < 1.29 is 18.9 Å². The van der Waals surface area contributed by atoms with Crippen LogP contribution in [-0.4, -0.2) is 34.0 Å². The molecular weight excluding hydrogens is 440 g/mol. The summed E-state index contributed by atoms with van der Waals surface area (Å²) in [6.45, 7) is 5.60. The molecule has 2 aromatic heterocycles. The van der Waals surface area contributed by atoms with Crippen molar-refractivity contribution in [2.75, 3.05) is 17.7 Å². The molecule has 0 unspecified atom stereocenters. The summed E-state index contributed by atoms with van der Waals surface area (Å²) < 4.78 is 9.48. The Bertz CT molecular complexity index is 1080. The van der Waals surface area contributed by atoms with Gasteiger partial charge in [0.05, 0.1) is 32.0 Å². The Kier molecular flexibility index (Phi) is 6.12. The predicted molar refractivity (Wildman–Crippen MR) is 111 cm³/mol. The predicted octanol–water partition coefficient (Wildman–Crippen LogP) is 2.05. The van der Waals surface area contributed by atoms with Gasteiger partial charge in [-0.1, -0.05) is 0 Å². The first-order chi connectivity index (χ1) is 13.9. The van der Waals surface area contributed by atoms with E-state index in [0.717, 1.165) is 16.9 Å². The molecule has 3 rings (SSSR count). The third-order valence-corrected chi connectivity index (χ3v) is 5.08. The molecule has 0 aliphatic heterocycles. The highest BCUT2D eigenvalue weighted by Gasteiger charge is 2.27. The number of carbonyl (C=O) groups excluding carboxylic acids is 2. The van der Waals surface area contributed by atoms with E-state index < -0.39 is 5.97 Å². The number of aryl methyl sites for hydroxylation is 2. The number of methoxy groups -OCH3 is 1. The van der Waals surface area contributed by atoms with Crippen LogP contribution in [0.1, 0.15) is 30.0 Å². The van der Waals surface area contributed by atoms with E-state index in [1.54, 1.807) is 12.1 Å². The number of nitrogens with two attached hydrogens (primary N) is 1. The second-order valence-corrected chi connectivity index (χ2v) is 7.05. The highest BCUT2D eigenvalue weighted by Crippen LogP contribution is 2.23. The number of carbonyl (C=O) groups is 2. The van der Waals surface area contributed by atoms with Gasteiger partial charge in [-0.3, -0.25) is 9.69 Å².